The summed E-state index contributed by atoms with van der Waals surface area (Å²) < 4.78 is 30.8. The van der Waals surface area contributed by atoms with Gasteiger partial charge in [-0.05, 0) is 34.5 Å². The Hall–Kier alpha value is -3.19. The lowest BCUT2D eigenvalue weighted by Gasteiger charge is -2.10. The van der Waals surface area contributed by atoms with Gasteiger partial charge >= 0.3 is 0 Å². The van der Waals surface area contributed by atoms with Gasteiger partial charge in [0.15, 0.2) is 0 Å². The van der Waals surface area contributed by atoms with Crippen LogP contribution < -0.4 is 11.1 Å². The minimum atomic E-state index is -2.83. The molecular formula is C19H16BrF2N7O2S. The van der Waals surface area contributed by atoms with E-state index in [9.17, 15) is 18.4 Å². The fraction of sp³-hybridized carbons (Fsp3) is 0.211. The first-order valence-corrected chi connectivity index (χ1v) is 10.8. The van der Waals surface area contributed by atoms with Gasteiger partial charge in [-0.2, -0.15) is 10.2 Å². The Morgan fingerprint density at radius 3 is 2.62 bits per heavy atom. The van der Waals surface area contributed by atoms with Crippen molar-refractivity contribution in [3.05, 3.63) is 45.4 Å². The molecule has 0 aliphatic heterocycles. The third-order valence-corrected chi connectivity index (χ3v) is 6.11. The molecule has 0 fully saturated rings. The Balaban J connectivity index is 1.90. The van der Waals surface area contributed by atoms with Gasteiger partial charge in [0.1, 0.15) is 21.9 Å². The molecule has 0 spiro atoms. The maximum absolute atomic E-state index is 13.6. The Morgan fingerprint density at radius 1 is 1.31 bits per heavy atom. The number of nitrogens with one attached hydrogen (secondary N) is 1. The zero-order chi connectivity index (χ0) is 23.2. The summed E-state index contributed by atoms with van der Waals surface area (Å²) in [4.78, 5) is 29.0. The van der Waals surface area contributed by atoms with Gasteiger partial charge in [0, 0.05) is 30.4 Å². The number of aromatic nitrogens is 5. The van der Waals surface area contributed by atoms with E-state index in [1.807, 2.05) is 0 Å². The van der Waals surface area contributed by atoms with Crippen LogP contribution in [0.5, 0.6) is 0 Å². The van der Waals surface area contributed by atoms with E-state index >= 15 is 0 Å². The summed E-state index contributed by atoms with van der Waals surface area (Å²) in [6.45, 7) is 1.60. The van der Waals surface area contributed by atoms with Crippen molar-refractivity contribution >= 4 is 55.0 Å². The summed E-state index contributed by atoms with van der Waals surface area (Å²) in [7, 11) is 1.70. The average Bonchev–Trinajstić information content (AvgIpc) is 3.38. The summed E-state index contributed by atoms with van der Waals surface area (Å²) in [5.41, 5.74) is 6.74. The fourth-order valence-corrected chi connectivity index (χ4v) is 4.69. The molecule has 9 nitrogen and oxygen atoms in total. The molecule has 32 heavy (non-hydrogen) atoms. The third kappa shape index (κ3) is 4.12. The Labute approximate surface area is 192 Å². The van der Waals surface area contributed by atoms with Crippen LogP contribution in [0.4, 0.5) is 14.5 Å². The van der Waals surface area contributed by atoms with E-state index < -0.39 is 23.9 Å². The first-order chi connectivity index (χ1) is 15.1. The maximum Gasteiger partial charge on any atom is 0.280 e. The largest absolute Gasteiger partial charge is 0.365 e. The second-order valence-corrected chi connectivity index (χ2v) is 8.87. The van der Waals surface area contributed by atoms with Crippen LogP contribution in [0, 0.1) is 6.92 Å². The van der Waals surface area contributed by atoms with Crippen molar-refractivity contribution in [2.45, 2.75) is 19.9 Å². The van der Waals surface area contributed by atoms with Gasteiger partial charge in [0.25, 0.3) is 12.3 Å². The molecule has 0 saturated carbocycles. The zero-order valence-corrected chi connectivity index (χ0v) is 19.2. The molecule has 0 atom stereocenters. The first-order valence-electron chi connectivity index (χ1n) is 9.18. The molecule has 4 rings (SSSR count). The number of nitrogens with two attached hydrogens (primary N) is 1. The number of hydrogen-bond donors (Lipinski definition) is 2. The highest BCUT2D eigenvalue weighted by atomic mass is 79.9. The normalized spacial score (nSPS) is 11.4. The van der Waals surface area contributed by atoms with Crippen molar-refractivity contribution in [1.82, 2.24) is 24.5 Å². The second kappa shape index (κ2) is 8.39. The van der Waals surface area contributed by atoms with Crippen molar-refractivity contribution in [3.63, 3.8) is 0 Å². The first kappa shape index (κ1) is 22.0. The number of rotatable bonds is 6. The molecule has 4 aromatic rings. The number of halogens is 3. The Morgan fingerprint density at radius 2 is 2.06 bits per heavy atom. The number of nitrogens with zero attached hydrogens (tertiary/aromatic N) is 5. The van der Waals surface area contributed by atoms with Gasteiger partial charge in [0.2, 0.25) is 5.91 Å². The minimum absolute atomic E-state index is 0.0108. The van der Waals surface area contributed by atoms with Gasteiger partial charge in [-0.1, -0.05) is 0 Å². The van der Waals surface area contributed by atoms with Crippen LogP contribution in [0.15, 0.2) is 29.1 Å². The summed E-state index contributed by atoms with van der Waals surface area (Å²) in [6, 6.07) is 1.24. The van der Waals surface area contributed by atoms with Crippen LogP contribution in [-0.4, -0.2) is 36.4 Å². The van der Waals surface area contributed by atoms with Crippen LogP contribution >= 0.6 is 27.3 Å². The number of anilines is 1. The number of carbonyl (C=O) groups excluding carboxylic acids is 2. The zero-order valence-electron chi connectivity index (χ0n) is 16.8. The highest BCUT2D eigenvalue weighted by molar-refractivity contribution is 9.10. The molecular weight excluding hydrogens is 508 g/mol. The highest BCUT2D eigenvalue weighted by Gasteiger charge is 2.26. The average molecular weight is 524 g/mol. The molecule has 3 N–H and O–H groups in total. The molecule has 0 saturated heterocycles. The van der Waals surface area contributed by atoms with Gasteiger partial charge in [-0.3, -0.25) is 19.0 Å². The van der Waals surface area contributed by atoms with Crippen molar-refractivity contribution in [2.75, 3.05) is 5.32 Å². The lowest BCUT2D eigenvalue weighted by atomic mass is 10.0. The van der Waals surface area contributed by atoms with E-state index in [0.29, 0.717) is 26.7 Å². The van der Waals surface area contributed by atoms with Crippen LogP contribution in [0.25, 0.3) is 21.3 Å². The van der Waals surface area contributed by atoms with Gasteiger partial charge < -0.3 is 11.1 Å². The number of hydrogen-bond acceptors (Lipinski definition) is 6. The number of primary amides is 1. The quantitative estimate of drug-likeness (QED) is 0.399. The number of aryl methyl sites for hydroxylation is 2. The highest BCUT2D eigenvalue weighted by Crippen LogP contribution is 2.43. The van der Waals surface area contributed by atoms with E-state index in [0.717, 1.165) is 11.3 Å². The van der Waals surface area contributed by atoms with Crippen LogP contribution in [0.1, 0.15) is 27.5 Å². The molecule has 0 aliphatic carbocycles. The van der Waals surface area contributed by atoms with E-state index in [1.54, 1.807) is 31.0 Å². The van der Waals surface area contributed by atoms with Crippen molar-refractivity contribution in [1.29, 1.82) is 0 Å². The van der Waals surface area contributed by atoms with E-state index in [2.05, 4.69) is 36.4 Å². The van der Waals surface area contributed by atoms with Crippen molar-refractivity contribution in [3.8, 4) is 11.1 Å². The lowest BCUT2D eigenvalue weighted by Crippen LogP contribution is -2.21. The van der Waals surface area contributed by atoms with E-state index in [4.69, 9.17) is 5.73 Å². The predicted octanol–water partition coefficient (Wildman–Crippen LogP) is 3.64. The summed E-state index contributed by atoms with van der Waals surface area (Å²) in [6.07, 6.45) is 1.99. The van der Waals surface area contributed by atoms with Gasteiger partial charge in [-0.15, -0.1) is 11.3 Å². The third-order valence-electron chi connectivity index (χ3n) is 4.60. The van der Waals surface area contributed by atoms with E-state index in [-0.39, 0.29) is 21.9 Å². The second-order valence-electron chi connectivity index (χ2n) is 6.95. The van der Waals surface area contributed by atoms with Crippen LogP contribution in [0.3, 0.4) is 0 Å². The smallest absolute Gasteiger partial charge is 0.280 e. The van der Waals surface area contributed by atoms with Crippen LogP contribution in [-0.2, 0) is 18.4 Å². The molecule has 0 bridgehead atoms. The fourth-order valence-electron chi connectivity index (χ4n) is 3.35. The van der Waals surface area contributed by atoms with Gasteiger partial charge in [-0.25, -0.2) is 13.8 Å². The van der Waals surface area contributed by atoms with Gasteiger partial charge in [0.05, 0.1) is 22.1 Å². The summed E-state index contributed by atoms with van der Waals surface area (Å²) >= 11 is 4.10. The number of alkyl halides is 2. The molecule has 0 radical (unpaired) electrons. The molecule has 0 aromatic carbocycles. The molecule has 13 heteroatoms. The predicted molar refractivity (Wildman–Crippen MR) is 119 cm³/mol. The monoisotopic (exact) mass is 523 g/mol. The van der Waals surface area contributed by atoms with Crippen LogP contribution in [0.2, 0.25) is 0 Å². The summed E-state index contributed by atoms with van der Waals surface area (Å²) in [5, 5.41) is 11.3. The van der Waals surface area contributed by atoms with Crippen molar-refractivity contribution < 1.29 is 18.4 Å². The molecule has 166 valence electrons. The summed E-state index contributed by atoms with van der Waals surface area (Å²) in [5.74, 6) is -1.29. The number of pyridine rings is 1. The molecule has 0 aliphatic rings. The van der Waals surface area contributed by atoms with Crippen molar-refractivity contribution in [2.24, 2.45) is 12.8 Å². The number of amides is 2. The minimum Gasteiger partial charge on any atom is -0.365 e. The SMILES string of the molecule is Cc1nn(C)cc1-c1cc(C(F)F)nc2sc(C(N)=O)c(NC(=O)Cn3cc(Br)cn3)c12. The Bertz CT molecular complexity index is 1360. The molecule has 4 heterocycles. The number of carbonyl (C=O) groups is 2. The van der Waals surface area contributed by atoms with E-state index in [1.165, 1.54) is 16.9 Å². The topological polar surface area (TPSA) is 121 Å². The number of fused-ring (bicyclic) bond motifs is 1. The Kier molecular flexibility index (Phi) is 5.77. The maximum atomic E-state index is 13.6. The molecule has 2 amide bonds. The number of thiophene rings is 1. The molecule has 4 aromatic heterocycles. The standard InChI is InChI=1S/C19H16BrF2N7O2S/c1-8-11(6-28(2)27-8)10-3-12(17(21)22)25-19-14(10)15(16(32-19)18(23)31)26-13(30)7-29-5-9(20)4-24-29/h3-6,17H,7H2,1-2H3,(H2,23,31)(H,26,30). The lowest BCUT2D eigenvalue weighted by molar-refractivity contribution is -0.116. The molecule has 0 unspecified atom stereocenters.